The second-order valence-electron chi connectivity index (χ2n) is 5.27. The minimum absolute atomic E-state index is 0. The molecule has 1 radical (unpaired) electrons. The Kier molecular flexibility index (Phi) is 6.65. The number of aliphatic hydroxyl groups excluding tert-OH is 2. The zero-order valence-electron chi connectivity index (χ0n) is 13.1. The molecule has 1 aromatic heterocycles. The van der Waals surface area contributed by atoms with Crippen LogP contribution in [0, 0.1) is 12.1 Å². The number of para-hydroxylation sites is 1. The van der Waals surface area contributed by atoms with Crippen LogP contribution >= 0.6 is 0 Å². The summed E-state index contributed by atoms with van der Waals surface area (Å²) in [4.78, 5) is 19.0. The molecule has 4 atom stereocenters. The fourth-order valence-electron chi connectivity index (χ4n) is 2.51. The van der Waals surface area contributed by atoms with Crippen LogP contribution in [0.15, 0.2) is 40.2 Å². The van der Waals surface area contributed by atoms with Gasteiger partial charge in [0.15, 0.2) is 6.23 Å². The second-order valence-corrected chi connectivity index (χ2v) is 5.27. The number of nitrogens with one attached hydrogen (secondary N) is 1. The Morgan fingerprint density at radius 2 is 2.12 bits per heavy atom. The molecule has 0 bridgehead atoms. The monoisotopic (exact) mass is 404 g/mol. The molecule has 125 valence electrons. The molecule has 0 amide bonds. The standard InChI is InChI=1S/C16H17N3O4.Y/c1-2-11-13(20)14(21)15(23-11)19-9-8-12(18-16(19)22)17-10-6-4-3-5-7-10;/h3-6,9,11,13-15,20-21H,2H2,1H3,(H,17,18,22);/q-2;/t11-,13?,14+,15-;/m1./s1. The molecule has 2 aromatic rings. The molecular formula is C16H17N3O4Y-2. The van der Waals surface area contributed by atoms with Crippen LogP contribution < -0.4 is 11.2 Å². The summed E-state index contributed by atoms with van der Waals surface area (Å²) < 4.78 is 6.71. The van der Waals surface area contributed by atoms with Crippen molar-refractivity contribution < 1.29 is 47.7 Å². The number of aromatic amines is 1. The largest absolute Gasteiger partial charge is 0.410 e. The number of aliphatic hydroxyl groups is 2. The van der Waals surface area contributed by atoms with E-state index in [4.69, 9.17) is 4.74 Å². The molecule has 1 saturated heterocycles. The molecule has 1 aliphatic heterocycles. The number of benzene rings is 1. The first-order valence-electron chi connectivity index (χ1n) is 7.36. The smallest absolute Gasteiger partial charge is 0.324 e. The average molecular weight is 404 g/mol. The van der Waals surface area contributed by atoms with Crippen molar-refractivity contribution in [3.63, 3.8) is 0 Å². The van der Waals surface area contributed by atoms with E-state index in [9.17, 15) is 15.0 Å². The number of rotatable bonds is 3. The summed E-state index contributed by atoms with van der Waals surface area (Å²) in [6, 6.07) is 12.8. The first-order chi connectivity index (χ1) is 11.1. The number of hydrogen-bond acceptors (Lipinski definition) is 5. The van der Waals surface area contributed by atoms with Gasteiger partial charge >= 0.3 is 5.69 Å². The summed E-state index contributed by atoms with van der Waals surface area (Å²) in [6.45, 7) is 1.84. The van der Waals surface area contributed by atoms with E-state index in [1.165, 1.54) is 6.20 Å². The Morgan fingerprint density at radius 1 is 1.33 bits per heavy atom. The molecule has 0 aliphatic carbocycles. The van der Waals surface area contributed by atoms with E-state index in [2.05, 4.69) is 22.1 Å². The Balaban J connectivity index is 0.00000208. The molecule has 0 spiro atoms. The van der Waals surface area contributed by atoms with E-state index in [1.54, 1.807) is 12.1 Å². The van der Waals surface area contributed by atoms with Gasteiger partial charge in [-0.3, -0.25) is 4.99 Å². The van der Waals surface area contributed by atoms with Gasteiger partial charge in [-0.1, -0.05) is 12.6 Å². The first-order valence-corrected chi connectivity index (χ1v) is 7.36. The Morgan fingerprint density at radius 3 is 2.71 bits per heavy atom. The van der Waals surface area contributed by atoms with Crippen LogP contribution in [0.4, 0.5) is 5.69 Å². The summed E-state index contributed by atoms with van der Waals surface area (Å²) >= 11 is 0. The van der Waals surface area contributed by atoms with Crippen LogP contribution in [0.1, 0.15) is 19.6 Å². The maximum absolute atomic E-state index is 12.2. The van der Waals surface area contributed by atoms with Crippen LogP contribution in [-0.2, 0) is 37.4 Å². The van der Waals surface area contributed by atoms with Gasteiger partial charge in [-0.2, -0.15) is 30.5 Å². The van der Waals surface area contributed by atoms with E-state index in [0.717, 1.165) is 4.57 Å². The Hall–Kier alpha value is -1.12. The summed E-state index contributed by atoms with van der Waals surface area (Å²) in [7, 11) is 0. The molecule has 0 saturated carbocycles. The van der Waals surface area contributed by atoms with Crippen LogP contribution in [0.3, 0.4) is 0 Å². The van der Waals surface area contributed by atoms with Gasteiger partial charge in [-0.15, -0.1) is 6.07 Å². The van der Waals surface area contributed by atoms with Crippen molar-refractivity contribution in [2.45, 2.75) is 37.9 Å². The SMILES string of the molecule is CC[C@H]1O[C@@H](n2c[c-]c(=Nc3[c-]cccc3)[nH]c2=O)[C@@H](O)C1O.[Y]. The molecular weight excluding hydrogens is 387 g/mol. The van der Waals surface area contributed by atoms with E-state index in [1.807, 2.05) is 19.1 Å². The van der Waals surface area contributed by atoms with E-state index < -0.39 is 30.2 Å². The molecule has 24 heavy (non-hydrogen) atoms. The Bertz CT molecular complexity index is 790. The van der Waals surface area contributed by atoms with Crippen molar-refractivity contribution in [3.8, 4) is 0 Å². The molecule has 8 heteroatoms. The molecule has 3 N–H and O–H groups in total. The van der Waals surface area contributed by atoms with Crippen LogP contribution in [0.5, 0.6) is 0 Å². The number of H-pyrrole nitrogens is 1. The molecule has 3 rings (SSSR count). The maximum atomic E-state index is 12.2. The third-order valence-electron chi connectivity index (χ3n) is 3.74. The van der Waals surface area contributed by atoms with Crippen molar-refractivity contribution in [2.24, 2.45) is 4.99 Å². The summed E-state index contributed by atoms with van der Waals surface area (Å²) in [5, 5.41) is 19.9. The third kappa shape index (κ3) is 3.92. The van der Waals surface area contributed by atoms with Crippen LogP contribution in [0.25, 0.3) is 0 Å². The maximum Gasteiger partial charge on any atom is 0.324 e. The van der Waals surface area contributed by atoms with Gasteiger partial charge < -0.3 is 30.6 Å². The van der Waals surface area contributed by atoms with E-state index in [0.29, 0.717) is 12.1 Å². The molecule has 1 aromatic carbocycles. The summed E-state index contributed by atoms with van der Waals surface area (Å²) in [6.07, 6.45) is -1.77. The van der Waals surface area contributed by atoms with Gasteiger partial charge in [0.05, 0.1) is 6.10 Å². The van der Waals surface area contributed by atoms with Crippen molar-refractivity contribution in [1.82, 2.24) is 9.55 Å². The van der Waals surface area contributed by atoms with Crippen molar-refractivity contribution in [3.05, 3.63) is 58.6 Å². The zero-order valence-corrected chi connectivity index (χ0v) is 15.9. The van der Waals surface area contributed by atoms with Crippen molar-refractivity contribution in [1.29, 1.82) is 0 Å². The minimum atomic E-state index is -1.18. The molecule has 1 fully saturated rings. The van der Waals surface area contributed by atoms with Gasteiger partial charge in [0.2, 0.25) is 0 Å². The quantitative estimate of drug-likeness (QED) is 0.629. The molecule has 7 nitrogen and oxygen atoms in total. The predicted octanol–water partition coefficient (Wildman–Crippen LogP) is 0.0359. The zero-order chi connectivity index (χ0) is 16.4. The number of aromatic nitrogens is 2. The van der Waals surface area contributed by atoms with E-state index >= 15 is 0 Å². The third-order valence-corrected chi connectivity index (χ3v) is 3.74. The minimum Gasteiger partial charge on any atom is -0.410 e. The Labute approximate surface area is 163 Å². The number of ether oxygens (including phenoxy) is 1. The molecule has 1 unspecified atom stereocenters. The van der Waals surface area contributed by atoms with Crippen molar-refractivity contribution in [2.75, 3.05) is 0 Å². The van der Waals surface area contributed by atoms with Gasteiger partial charge in [0, 0.05) is 32.7 Å². The van der Waals surface area contributed by atoms with Crippen molar-refractivity contribution >= 4 is 5.69 Å². The van der Waals surface area contributed by atoms with Gasteiger partial charge in [-0.25, -0.2) is 4.79 Å². The summed E-state index contributed by atoms with van der Waals surface area (Å²) in [5.74, 6) is 0. The first kappa shape index (κ1) is 19.2. The van der Waals surface area contributed by atoms with Gasteiger partial charge in [0.1, 0.15) is 12.2 Å². The van der Waals surface area contributed by atoms with Gasteiger partial charge in [-0.05, 0) is 11.9 Å². The van der Waals surface area contributed by atoms with Crippen LogP contribution in [0.2, 0.25) is 0 Å². The van der Waals surface area contributed by atoms with Gasteiger partial charge in [0.25, 0.3) is 0 Å². The fourth-order valence-corrected chi connectivity index (χ4v) is 2.51. The molecule has 2 heterocycles. The summed E-state index contributed by atoms with van der Waals surface area (Å²) in [5.41, 5.74) is 0.302. The number of nitrogens with zero attached hydrogens (tertiary/aromatic N) is 2. The predicted molar refractivity (Wildman–Crippen MR) is 80.6 cm³/mol. The number of hydrogen-bond donors (Lipinski definition) is 3. The van der Waals surface area contributed by atoms with Crippen LogP contribution in [-0.4, -0.2) is 38.1 Å². The topological polar surface area (TPSA) is 99.8 Å². The second kappa shape index (κ2) is 8.31. The fraction of sp³-hybridized carbons (Fsp3) is 0.375. The normalized spacial score (nSPS) is 27.0. The average Bonchev–Trinajstić information content (AvgIpc) is 2.84. The molecule has 1 aliphatic rings. The van der Waals surface area contributed by atoms with E-state index in [-0.39, 0.29) is 38.2 Å².